The second-order valence-corrected chi connectivity index (χ2v) is 9.09. The molecule has 2 saturated heterocycles. The van der Waals surface area contributed by atoms with Gasteiger partial charge in [-0.1, -0.05) is 13.8 Å². The number of benzene rings is 1. The molecule has 0 radical (unpaired) electrons. The Balaban J connectivity index is 1.45. The Bertz CT molecular complexity index is 736. The van der Waals surface area contributed by atoms with Crippen molar-refractivity contribution < 1.29 is 19.4 Å². The maximum Gasteiger partial charge on any atom is 0.255 e. The van der Waals surface area contributed by atoms with Crippen molar-refractivity contribution in [1.29, 1.82) is 0 Å². The quantitative estimate of drug-likeness (QED) is 0.882. The maximum absolute atomic E-state index is 13.0. The summed E-state index contributed by atoms with van der Waals surface area (Å²) in [7, 11) is 1.60. The Morgan fingerprint density at radius 3 is 2.11 bits per heavy atom. The second-order valence-electron chi connectivity index (χ2n) is 9.09. The summed E-state index contributed by atoms with van der Waals surface area (Å²) in [5, 5.41) is 10.7. The summed E-state index contributed by atoms with van der Waals surface area (Å²) in [5.41, 5.74) is -0.559. The molecule has 6 heteroatoms. The van der Waals surface area contributed by atoms with E-state index in [4.69, 9.17) is 4.74 Å². The third-order valence-electron chi connectivity index (χ3n) is 6.28. The van der Waals surface area contributed by atoms with Crippen LogP contribution in [0.4, 0.5) is 0 Å². The number of fused-ring (bicyclic) bond motifs is 2. The van der Waals surface area contributed by atoms with E-state index < -0.39 is 5.60 Å². The molecular formula is C21H28N2O4. The van der Waals surface area contributed by atoms with Gasteiger partial charge in [-0.05, 0) is 55.4 Å². The average Bonchev–Trinajstić information content (AvgIpc) is 2.88. The van der Waals surface area contributed by atoms with Gasteiger partial charge >= 0.3 is 0 Å². The third kappa shape index (κ3) is 3.10. The Kier molecular flexibility index (Phi) is 4.22. The fourth-order valence-electron chi connectivity index (χ4n) is 5.24. The predicted octanol–water partition coefficient (Wildman–Crippen LogP) is 2.06. The average molecular weight is 372 g/mol. The highest BCUT2D eigenvalue weighted by Crippen LogP contribution is 2.50. The summed E-state index contributed by atoms with van der Waals surface area (Å²) in [6.45, 7) is 5.22. The van der Waals surface area contributed by atoms with Crippen LogP contribution in [-0.2, 0) is 4.79 Å². The number of piperazine rings is 1. The second kappa shape index (κ2) is 6.23. The molecule has 1 N–H and O–H groups in total. The number of aliphatic hydroxyl groups is 1. The first-order valence-electron chi connectivity index (χ1n) is 9.71. The lowest BCUT2D eigenvalue weighted by Crippen LogP contribution is -2.65. The first kappa shape index (κ1) is 18.3. The fourth-order valence-corrected chi connectivity index (χ4v) is 5.24. The normalized spacial score (nSPS) is 27.9. The molecule has 2 amide bonds. The zero-order valence-electron chi connectivity index (χ0n) is 16.3. The van der Waals surface area contributed by atoms with Crippen molar-refractivity contribution in [3.05, 3.63) is 29.8 Å². The summed E-state index contributed by atoms with van der Waals surface area (Å²) in [6.07, 6.45) is 2.82. The van der Waals surface area contributed by atoms with Crippen LogP contribution in [0.25, 0.3) is 0 Å². The molecule has 4 rings (SSSR count). The van der Waals surface area contributed by atoms with Crippen molar-refractivity contribution in [2.24, 2.45) is 5.41 Å². The summed E-state index contributed by atoms with van der Waals surface area (Å²) >= 11 is 0. The molecule has 0 spiro atoms. The molecule has 1 aromatic carbocycles. The standard InChI is InChI=1S/C21H28N2O4/c1-20(2)12-21(26,13-20)19(25)23-15-6-7-16(23)11-22(10-15)18(24)14-4-8-17(27-3)9-5-14/h4-5,8-9,15-16,26H,6-7,10-13H2,1-3H3. The van der Waals surface area contributed by atoms with Crippen LogP contribution < -0.4 is 4.74 Å². The van der Waals surface area contributed by atoms with E-state index in [1.165, 1.54) is 0 Å². The van der Waals surface area contributed by atoms with Gasteiger partial charge in [0.2, 0.25) is 0 Å². The lowest BCUT2D eigenvalue weighted by atomic mass is 9.60. The minimum atomic E-state index is -1.22. The van der Waals surface area contributed by atoms with Crippen LogP contribution in [0.3, 0.4) is 0 Å². The van der Waals surface area contributed by atoms with E-state index in [0.29, 0.717) is 31.5 Å². The minimum absolute atomic E-state index is 0.00573. The van der Waals surface area contributed by atoms with Gasteiger partial charge in [0.25, 0.3) is 11.8 Å². The number of amides is 2. The van der Waals surface area contributed by atoms with Gasteiger partial charge in [-0.15, -0.1) is 0 Å². The number of nitrogens with zero attached hydrogens (tertiary/aromatic N) is 2. The van der Waals surface area contributed by atoms with Crippen LogP contribution >= 0.6 is 0 Å². The third-order valence-corrected chi connectivity index (χ3v) is 6.28. The number of carbonyl (C=O) groups is 2. The molecule has 2 unspecified atom stereocenters. The molecule has 1 aliphatic carbocycles. The topological polar surface area (TPSA) is 70.1 Å². The van der Waals surface area contributed by atoms with Gasteiger partial charge < -0.3 is 19.6 Å². The van der Waals surface area contributed by atoms with E-state index in [1.807, 2.05) is 9.80 Å². The summed E-state index contributed by atoms with van der Waals surface area (Å²) in [4.78, 5) is 29.6. The van der Waals surface area contributed by atoms with Crippen LogP contribution in [0.1, 0.15) is 49.9 Å². The summed E-state index contributed by atoms with van der Waals surface area (Å²) in [6, 6.07) is 7.14. The smallest absolute Gasteiger partial charge is 0.255 e. The molecule has 2 aliphatic heterocycles. The van der Waals surface area contributed by atoms with Crippen molar-refractivity contribution in [3.63, 3.8) is 0 Å². The Labute approximate surface area is 160 Å². The Morgan fingerprint density at radius 2 is 1.63 bits per heavy atom. The van der Waals surface area contributed by atoms with E-state index in [9.17, 15) is 14.7 Å². The molecule has 27 heavy (non-hydrogen) atoms. The number of methoxy groups -OCH3 is 1. The highest BCUT2D eigenvalue weighted by atomic mass is 16.5. The van der Waals surface area contributed by atoms with Crippen LogP contribution in [-0.4, -0.2) is 64.6 Å². The van der Waals surface area contributed by atoms with Crippen molar-refractivity contribution in [1.82, 2.24) is 9.80 Å². The highest BCUT2D eigenvalue weighted by Gasteiger charge is 2.57. The molecule has 1 aromatic rings. The highest BCUT2D eigenvalue weighted by molar-refractivity contribution is 5.95. The monoisotopic (exact) mass is 372 g/mol. The van der Waals surface area contributed by atoms with Crippen molar-refractivity contribution in [3.8, 4) is 5.75 Å². The first-order valence-corrected chi connectivity index (χ1v) is 9.71. The Hall–Kier alpha value is -2.08. The van der Waals surface area contributed by atoms with Gasteiger partial charge in [0.05, 0.1) is 7.11 Å². The molecule has 6 nitrogen and oxygen atoms in total. The molecule has 3 fully saturated rings. The van der Waals surface area contributed by atoms with Gasteiger partial charge in [-0.3, -0.25) is 9.59 Å². The lowest BCUT2D eigenvalue weighted by Gasteiger charge is -2.52. The van der Waals surface area contributed by atoms with E-state index in [1.54, 1.807) is 31.4 Å². The van der Waals surface area contributed by atoms with Crippen molar-refractivity contribution in [2.45, 2.75) is 57.2 Å². The number of likely N-dealkylation sites (tertiary alicyclic amines) is 1. The van der Waals surface area contributed by atoms with E-state index >= 15 is 0 Å². The van der Waals surface area contributed by atoms with Crippen LogP contribution in [0, 0.1) is 5.41 Å². The minimum Gasteiger partial charge on any atom is -0.497 e. The molecule has 2 heterocycles. The Morgan fingerprint density at radius 1 is 1.07 bits per heavy atom. The number of rotatable bonds is 3. The fraction of sp³-hybridized carbons (Fsp3) is 0.619. The van der Waals surface area contributed by atoms with Crippen molar-refractivity contribution >= 4 is 11.8 Å². The van der Waals surface area contributed by atoms with Crippen LogP contribution in [0.15, 0.2) is 24.3 Å². The molecule has 3 aliphatic rings. The zero-order chi connectivity index (χ0) is 19.4. The van der Waals surface area contributed by atoms with Gasteiger partial charge in [0, 0.05) is 30.7 Å². The molecule has 0 aromatic heterocycles. The van der Waals surface area contributed by atoms with Gasteiger partial charge in [0.15, 0.2) is 0 Å². The maximum atomic E-state index is 13.0. The SMILES string of the molecule is COc1ccc(C(=O)N2CC3CCC(C2)N3C(=O)C2(O)CC(C)(C)C2)cc1. The number of carbonyl (C=O) groups excluding carboxylic acids is 2. The van der Waals surface area contributed by atoms with Gasteiger partial charge in [-0.25, -0.2) is 0 Å². The lowest BCUT2D eigenvalue weighted by molar-refractivity contribution is -0.180. The largest absolute Gasteiger partial charge is 0.497 e. The first-order chi connectivity index (χ1) is 12.7. The van der Waals surface area contributed by atoms with Gasteiger partial charge in [-0.2, -0.15) is 0 Å². The van der Waals surface area contributed by atoms with E-state index in [-0.39, 0.29) is 29.3 Å². The predicted molar refractivity (Wildman–Crippen MR) is 101 cm³/mol. The van der Waals surface area contributed by atoms with E-state index in [2.05, 4.69) is 13.8 Å². The molecule has 146 valence electrons. The van der Waals surface area contributed by atoms with Crippen LogP contribution in [0.5, 0.6) is 5.75 Å². The molecule has 2 atom stereocenters. The molecule has 2 bridgehead atoms. The number of ether oxygens (including phenoxy) is 1. The summed E-state index contributed by atoms with van der Waals surface area (Å²) < 4.78 is 5.15. The summed E-state index contributed by atoms with van der Waals surface area (Å²) in [5.74, 6) is 0.578. The van der Waals surface area contributed by atoms with Crippen molar-refractivity contribution in [2.75, 3.05) is 20.2 Å². The zero-order valence-corrected chi connectivity index (χ0v) is 16.3. The molecule has 1 saturated carbocycles. The number of hydrogen-bond acceptors (Lipinski definition) is 4. The number of hydrogen-bond donors (Lipinski definition) is 1. The molecular weight excluding hydrogens is 344 g/mol. The van der Waals surface area contributed by atoms with Crippen LogP contribution in [0.2, 0.25) is 0 Å². The van der Waals surface area contributed by atoms with Gasteiger partial charge in [0.1, 0.15) is 11.4 Å². The van der Waals surface area contributed by atoms with E-state index in [0.717, 1.165) is 18.6 Å².